The van der Waals surface area contributed by atoms with Crippen LogP contribution < -0.4 is 5.32 Å². The molecule has 3 atom stereocenters. The topological polar surface area (TPSA) is 24.9 Å². The molecule has 20 heavy (non-hydrogen) atoms. The highest BCUT2D eigenvalue weighted by atomic mass is 14.9. The van der Waals surface area contributed by atoms with Crippen molar-refractivity contribution in [1.29, 1.82) is 0 Å². The third kappa shape index (κ3) is 4.05. The summed E-state index contributed by atoms with van der Waals surface area (Å²) in [7, 11) is 0. The molecule has 1 saturated carbocycles. The molecule has 2 heteroatoms. The van der Waals surface area contributed by atoms with Crippen molar-refractivity contribution in [3.8, 4) is 0 Å². The summed E-state index contributed by atoms with van der Waals surface area (Å²) in [4.78, 5) is 4.42. The Morgan fingerprint density at radius 1 is 1.30 bits per heavy atom. The summed E-state index contributed by atoms with van der Waals surface area (Å²) < 4.78 is 0. The van der Waals surface area contributed by atoms with E-state index < -0.39 is 0 Å². The first-order valence-electron chi connectivity index (χ1n) is 8.25. The van der Waals surface area contributed by atoms with Gasteiger partial charge in [0.15, 0.2) is 0 Å². The van der Waals surface area contributed by atoms with Gasteiger partial charge in [0, 0.05) is 18.4 Å². The van der Waals surface area contributed by atoms with Crippen molar-refractivity contribution < 1.29 is 0 Å². The molecule has 2 rings (SSSR count). The minimum atomic E-state index is 0.579. The Morgan fingerprint density at radius 3 is 2.75 bits per heavy atom. The van der Waals surface area contributed by atoms with Gasteiger partial charge in [0.05, 0.1) is 0 Å². The number of hydrogen-bond acceptors (Lipinski definition) is 2. The van der Waals surface area contributed by atoms with Gasteiger partial charge in [-0.15, -0.1) is 0 Å². The van der Waals surface area contributed by atoms with Crippen LogP contribution in [0, 0.1) is 18.8 Å². The molecule has 3 unspecified atom stereocenters. The summed E-state index contributed by atoms with van der Waals surface area (Å²) in [5.41, 5.74) is 2.75. The third-order valence-corrected chi connectivity index (χ3v) is 4.79. The highest BCUT2D eigenvalue weighted by Crippen LogP contribution is 2.41. The summed E-state index contributed by atoms with van der Waals surface area (Å²) in [6.45, 7) is 10.1. The summed E-state index contributed by atoms with van der Waals surface area (Å²) in [5, 5.41) is 3.64. The Balaban J connectivity index is 2.13. The van der Waals surface area contributed by atoms with E-state index in [4.69, 9.17) is 0 Å². The summed E-state index contributed by atoms with van der Waals surface area (Å²) in [6.07, 6.45) is 9.47. The van der Waals surface area contributed by atoms with E-state index in [0.29, 0.717) is 12.0 Å². The van der Waals surface area contributed by atoms with Crippen LogP contribution in [-0.4, -0.2) is 17.6 Å². The SMILES string of the molecule is CCC1CCC(CNC(C)C)C(c2cncc(C)c2)C1. The van der Waals surface area contributed by atoms with Gasteiger partial charge in [-0.1, -0.05) is 39.7 Å². The monoisotopic (exact) mass is 274 g/mol. The number of aryl methyl sites for hydroxylation is 1. The fourth-order valence-electron chi connectivity index (χ4n) is 3.51. The molecule has 0 spiro atoms. The predicted molar refractivity (Wildman–Crippen MR) is 86.0 cm³/mol. The zero-order valence-electron chi connectivity index (χ0n) is 13.5. The Labute approximate surface area is 124 Å². The summed E-state index contributed by atoms with van der Waals surface area (Å²) in [5.74, 6) is 2.35. The van der Waals surface area contributed by atoms with E-state index in [1.54, 1.807) is 0 Å². The van der Waals surface area contributed by atoms with Crippen LogP contribution in [0.1, 0.15) is 63.5 Å². The smallest absolute Gasteiger partial charge is 0.0303 e. The first-order valence-corrected chi connectivity index (χ1v) is 8.25. The van der Waals surface area contributed by atoms with Gasteiger partial charge in [-0.3, -0.25) is 4.98 Å². The molecule has 1 N–H and O–H groups in total. The molecule has 0 amide bonds. The van der Waals surface area contributed by atoms with Crippen molar-refractivity contribution in [1.82, 2.24) is 10.3 Å². The van der Waals surface area contributed by atoms with Crippen LogP contribution in [-0.2, 0) is 0 Å². The summed E-state index contributed by atoms with van der Waals surface area (Å²) in [6, 6.07) is 2.92. The number of pyridine rings is 1. The second-order valence-electron chi connectivity index (χ2n) is 6.81. The lowest BCUT2D eigenvalue weighted by Crippen LogP contribution is -2.35. The molecule has 1 fully saturated rings. The van der Waals surface area contributed by atoms with E-state index in [2.05, 4.69) is 50.3 Å². The van der Waals surface area contributed by atoms with Crippen molar-refractivity contribution in [2.45, 2.75) is 65.3 Å². The third-order valence-electron chi connectivity index (χ3n) is 4.79. The number of hydrogen-bond donors (Lipinski definition) is 1. The first-order chi connectivity index (χ1) is 9.60. The minimum Gasteiger partial charge on any atom is -0.314 e. The maximum absolute atomic E-state index is 4.42. The fraction of sp³-hybridized carbons (Fsp3) is 0.722. The lowest BCUT2D eigenvalue weighted by molar-refractivity contribution is 0.222. The van der Waals surface area contributed by atoms with E-state index >= 15 is 0 Å². The van der Waals surface area contributed by atoms with E-state index in [0.717, 1.165) is 18.4 Å². The van der Waals surface area contributed by atoms with Gasteiger partial charge in [0.1, 0.15) is 0 Å². The van der Waals surface area contributed by atoms with E-state index in [-0.39, 0.29) is 0 Å². The maximum Gasteiger partial charge on any atom is 0.0303 e. The molecule has 1 aliphatic carbocycles. The fourth-order valence-corrected chi connectivity index (χ4v) is 3.51. The molecule has 1 aromatic heterocycles. The zero-order valence-corrected chi connectivity index (χ0v) is 13.5. The van der Waals surface area contributed by atoms with E-state index in [1.165, 1.54) is 36.8 Å². The molecule has 0 aromatic carbocycles. The molecule has 112 valence electrons. The van der Waals surface area contributed by atoms with Crippen molar-refractivity contribution in [3.63, 3.8) is 0 Å². The predicted octanol–water partition coefficient (Wildman–Crippen LogP) is 4.30. The second-order valence-corrected chi connectivity index (χ2v) is 6.81. The molecule has 0 aliphatic heterocycles. The number of rotatable bonds is 5. The van der Waals surface area contributed by atoms with Gasteiger partial charge in [-0.2, -0.15) is 0 Å². The maximum atomic E-state index is 4.42. The van der Waals surface area contributed by atoms with Crippen molar-refractivity contribution in [3.05, 3.63) is 29.6 Å². The van der Waals surface area contributed by atoms with Crippen LogP contribution in [0.4, 0.5) is 0 Å². The Morgan fingerprint density at radius 2 is 2.10 bits per heavy atom. The van der Waals surface area contributed by atoms with Crippen LogP contribution in [0.5, 0.6) is 0 Å². The number of nitrogens with zero attached hydrogens (tertiary/aromatic N) is 1. The van der Waals surface area contributed by atoms with Gasteiger partial charge >= 0.3 is 0 Å². The van der Waals surface area contributed by atoms with Gasteiger partial charge < -0.3 is 5.32 Å². The van der Waals surface area contributed by atoms with Crippen LogP contribution in [0.3, 0.4) is 0 Å². The Kier molecular flexibility index (Phi) is 5.59. The lowest BCUT2D eigenvalue weighted by atomic mass is 9.70. The zero-order chi connectivity index (χ0) is 14.5. The van der Waals surface area contributed by atoms with Crippen LogP contribution >= 0.6 is 0 Å². The molecule has 1 aliphatic rings. The largest absolute Gasteiger partial charge is 0.314 e. The Bertz CT molecular complexity index is 414. The van der Waals surface area contributed by atoms with E-state index in [9.17, 15) is 0 Å². The highest BCUT2D eigenvalue weighted by Gasteiger charge is 2.30. The van der Waals surface area contributed by atoms with Crippen LogP contribution in [0.2, 0.25) is 0 Å². The lowest BCUT2D eigenvalue weighted by Gasteiger charge is -2.37. The molecule has 0 saturated heterocycles. The average Bonchev–Trinajstić information content (AvgIpc) is 2.45. The van der Waals surface area contributed by atoms with Gasteiger partial charge in [-0.05, 0) is 55.2 Å². The molecule has 0 radical (unpaired) electrons. The average molecular weight is 274 g/mol. The summed E-state index contributed by atoms with van der Waals surface area (Å²) >= 11 is 0. The van der Waals surface area contributed by atoms with Crippen LogP contribution in [0.25, 0.3) is 0 Å². The van der Waals surface area contributed by atoms with Crippen LogP contribution in [0.15, 0.2) is 18.5 Å². The molecular formula is C18H30N2. The second kappa shape index (κ2) is 7.21. The molecule has 1 aromatic rings. The normalized spacial score (nSPS) is 26.9. The molecule has 1 heterocycles. The Hall–Kier alpha value is -0.890. The minimum absolute atomic E-state index is 0.579. The van der Waals surface area contributed by atoms with Crippen molar-refractivity contribution in [2.24, 2.45) is 11.8 Å². The first kappa shape index (κ1) is 15.5. The molecular weight excluding hydrogens is 244 g/mol. The molecule has 0 bridgehead atoms. The quantitative estimate of drug-likeness (QED) is 0.866. The van der Waals surface area contributed by atoms with Crippen molar-refractivity contribution in [2.75, 3.05) is 6.54 Å². The van der Waals surface area contributed by atoms with Gasteiger partial charge in [-0.25, -0.2) is 0 Å². The standard InChI is InChI=1S/C18H30N2/c1-5-15-6-7-16(12-20-13(2)3)18(9-15)17-8-14(4)10-19-11-17/h8,10-11,13,15-16,18,20H,5-7,9,12H2,1-4H3. The number of nitrogens with one attached hydrogen (secondary N) is 1. The van der Waals surface area contributed by atoms with Gasteiger partial charge in [0.25, 0.3) is 0 Å². The number of aromatic nitrogens is 1. The van der Waals surface area contributed by atoms with E-state index in [1.807, 2.05) is 6.20 Å². The van der Waals surface area contributed by atoms with Crippen molar-refractivity contribution >= 4 is 0 Å². The molecule has 2 nitrogen and oxygen atoms in total. The highest BCUT2D eigenvalue weighted by molar-refractivity contribution is 5.22. The van der Waals surface area contributed by atoms with Gasteiger partial charge in [0.2, 0.25) is 0 Å².